The third-order valence-electron chi connectivity index (χ3n) is 5.77. The van der Waals surface area contributed by atoms with E-state index in [1.807, 2.05) is 0 Å². The number of nitrogens with zero attached hydrogens (tertiary/aromatic N) is 1. The number of hydrogen-bond acceptors (Lipinski definition) is 6. The second-order valence-electron chi connectivity index (χ2n) is 8.69. The molecule has 0 spiro atoms. The van der Waals surface area contributed by atoms with Gasteiger partial charge >= 0.3 is 16.3 Å². The van der Waals surface area contributed by atoms with Crippen LogP contribution in [0.25, 0.3) is 0 Å². The molecule has 1 amide bonds. The summed E-state index contributed by atoms with van der Waals surface area (Å²) in [6.07, 6.45) is 0.899. The lowest BCUT2D eigenvalue weighted by Crippen LogP contribution is -2.29. The molecule has 0 aliphatic carbocycles. The van der Waals surface area contributed by atoms with Gasteiger partial charge < -0.3 is 18.2 Å². The van der Waals surface area contributed by atoms with E-state index in [1.165, 1.54) is 25.5 Å². The average Bonchev–Trinajstić information content (AvgIpc) is 3.39. The van der Waals surface area contributed by atoms with E-state index >= 15 is 0 Å². The van der Waals surface area contributed by atoms with Crippen LogP contribution in [0, 0.1) is 0 Å². The average molecular weight is 554 g/mol. The topological polar surface area (TPSA) is 86.0 Å². The molecule has 2 aromatic carbocycles. The minimum Gasteiger partial charge on any atom is -0.493 e. The van der Waals surface area contributed by atoms with Crippen molar-refractivity contribution in [2.45, 2.75) is 63.2 Å². The van der Waals surface area contributed by atoms with Crippen molar-refractivity contribution < 1.29 is 39.7 Å². The third kappa shape index (κ3) is 8.01. The van der Waals surface area contributed by atoms with Gasteiger partial charge in [-0.25, -0.2) is 0 Å². The summed E-state index contributed by atoms with van der Waals surface area (Å²) in [7, 11) is -3.32. The van der Waals surface area contributed by atoms with Gasteiger partial charge in [0.2, 0.25) is 5.91 Å². The van der Waals surface area contributed by atoms with E-state index in [1.54, 1.807) is 23.1 Å². The summed E-state index contributed by atoms with van der Waals surface area (Å²) in [5, 5.41) is 0. The molecule has 11 heteroatoms. The second kappa shape index (κ2) is 12.9. The van der Waals surface area contributed by atoms with E-state index in [-0.39, 0.29) is 30.5 Å². The van der Waals surface area contributed by atoms with E-state index in [9.17, 15) is 26.4 Å². The van der Waals surface area contributed by atoms with Gasteiger partial charge in [-0.3, -0.25) is 4.79 Å². The lowest BCUT2D eigenvalue weighted by Gasteiger charge is -2.22. The highest BCUT2D eigenvalue weighted by atomic mass is 32.2. The summed E-state index contributed by atoms with van der Waals surface area (Å²) in [6, 6.07) is 11.3. The van der Waals surface area contributed by atoms with Crippen LogP contribution >= 0.6 is 0 Å². The first-order valence-electron chi connectivity index (χ1n) is 12.1. The monoisotopic (exact) mass is 553 g/mol. The highest BCUT2D eigenvalue weighted by molar-refractivity contribution is 7.87. The quantitative estimate of drug-likeness (QED) is 0.176. The van der Waals surface area contributed by atoms with Crippen LogP contribution in [-0.2, 0) is 34.2 Å². The minimum absolute atomic E-state index is 0.0628. The molecule has 206 valence electrons. The number of alkyl halides is 3. The Morgan fingerprint density at radius 2 is 1.76 bits per heavy atom. The normalized spacial score (nSPS) is 11.8. The predicted octanol–water partition coefficient (Wildman–Crippen LogP) is 6.57. The molecule has 0 unspecified atom stereocenters. The molecule has 0 bridgehead atoms. The summed E-state index contributed by atoms with van der Waals surface area (Å²) in [5.74, 6) is 0.347. The maximum Gasteiger partial charge on any atom is 0.416 e. The number of rotatable bonds is 13. The zero-order valence-corrected chi connectivity index (χ0v) is 22.0. The van der Waals surface area contributed by atoms with Crippen LogP contribution in [0.3, 0.4) is 0 Å². The molecule has 0 saturated carbocycles. The van der Waals surface area contributed by atoms with Crippen molar-refractivity contribution in [2.24, 2.45) is 0 Å². The zero-order chi connectivity index (χ0) is 27.8. The number of carbonyl (C=O) groups excluding carboxylic acids is 1. The number of amides is 1. The fraction of sp³-hybridized carbons (Fsp3) is 0.370. The third-order valence-corrected chi connectivity index (χ3v) is 7.00. The number of halogens is 3. The Bertz CT molecular complexity index is 1310. The van der Waals surface area contributed by atoms with Crippen LogP contribution in [-0.4, -0.2) is 26.3 Å². The van der Waals surface area contributed by atoms with E-state index in [4.69, 9.17) is 13.3 Å². The van der Waals surface area contributed by atoms with Gasteiger partial charge in [0.1, 0.15) is 10.7 Å². The Kier molecular flexibility index (Phi) is 9.84. The molecule has 0 radical (unpaired) electrons. The van der Waals surface area contributed by atoms with Crippen LogP contribution in [0.1, 0.15) is 55.9 Å². The van der Waals surface area contributed by atoms with Crippen LogP contribution in [0.5, 0.6) is 11.5 Å². The van der Waals surface area contributed by atoms with E-state index < -0.39 is 26.8 Å². The van der Waals surface area contributed by atoms with Crippen LogP contribution in [0.2, 0.25) is 0 Å². The Morgan fingerprint density at radius 3 is 2.42 bits per heavy atom. The highest BCUT2D eigenvalue weighted by Gasteiger charge is 2.32. The SMILES string of the molecule is CCCCCCC(=O)N(Cc1ccc(OC)c(OS(=O)(=O)c2cccc(C(F)(F)F)c2)c1)Cc1ccco1. The van der Waals surface area contributed by atoms with Crippen LogP contribution < -0.4 is 8.92 Å². The van der Waals surface area contributed by atoms with E-state index in [0.717, 1.165) is 43.9 Å². The number of unbranched alkanes of at least 4 members (excludes halogenated alkanes) is 3. The molecule has 0 aliphatic rings. The Hall–Kier alpha value is -3.47. The van der Waals surface area contributed by atoms with Crippen molar-refractivity contribution in [3.8, 4) is 11.5 Å². The van der Waals surface area contributed by atoms with Crippen LogP contribution in [0.4, 0.5) is 13.2 Å². The van der Waals surface area contributed by atoms with Gasteiger partial charge in [0.05, 0.1) is 25.5 Å². The van der Waals surface area contributed by atoms with Crippen molar-refractivity contribution in [1.82, 2.24) is 4.90 Å². The number of furan rings is 1. The van der Waals surface area contributed by atoms with Crippen LogP contribution in [0.15, 0.2) is 70.2 Å². The van der Waals surface area contributed by atoms with Gasteiger partial charge in [-0.1, -0.05) is 38.3 Å². The second-order valence-corrected chi connectivity index (χ2v) is 10.2. The fourth-order valence-corrected chi connectivity index (χ4v) is 4.76. The molecule has 0 N–H and O–H groups in total. The first-order chi connectivity index (χ1) is 18.0. The number of methoxy groups -OCH3 is 1. The van der Waals surface area contributed by atoms with Crippen molar-refractivity contribution in [3.05, 3.63) is 77.7 Å². The van der Waals surface area contributed by atoms with Gasteiger partial charge in [0.25, 0.3) is 0 Å². The number of carbonyl (C=O) groups is 1. The summed E-state index contributed by atoms with van der Waals surface area (Å²) < 4.78 is 80.8. The fourth-order valence-electron chi connectivity index (χ4n) is 3.78. The standard InChI is InChI=1S/C27H30F3NO6S/c1-3-4-5-6-12-26(32)31(19-22-10-8-15-36-22)18-20-13-14-24(35-2)25(16-20)37-38(33,34)23-11-7-9-21(17-23)27(28,29)30/h7-11,13-17H,3-6,12,18-19H2,1-2H3. The molecule has 38 heavy (non-hydrogen) atoms. The molecule has 1 heterocycles. The molecule has 3 aromatic rings. The first kappa shape index (κ1) is 29.1. The van der Waals surface area contributed by atoms with Gasteiger partial charge in [-0.05, 0) is 54.4 Å². The number of hydrogen-bond donors (Lipinski definition) is 0. The highest BCUT2D eigenvalue weighted by Crippen LogP contribution is 2.34. The van der Waals surface area contributed by atoms with Crippen molar-refractivity contribution in [3.63, 3.8) is 0 Å². The summed E-state index contributed by atoms with van der Waals surface area (Å²) in [5.41, 5.74) is -0.581. The van der Waals surface area contributed by atoms with Gasteiger partial charge in [0.15, 0.2) is 11.5 Å². The zero-order valence-electron chi connectivity index (χ0n) is 21.2. The Balaban J connectivity index is 1.85. The van der Waals surface area contributed by atoms with Gasteiger partial charge in [-0.15, -0.1) is 0 Å². The first-order valence-corrected chi connectivity index (χ1v) is 13.5. The molecule has 0 fully saturated rings. The van der Waals surface area contributed by atoms with Gasteiger partial charge in [-0.2, -0.15) is 21.6 Å². The van der Waals surface area contributed by atoms with Gasteiger partial charge in [0, 0.05) is 13.0 Å². The molecule has 0 atom stereocenters. The van der Waals surface area contributed by atoms with E-state index in [2.05, 4.69) is 6.92 Å². The maximum atomic E-state index is 13.1. The van der Waals surface area contributed by atoms with Crippen molar-refractivity contribution in [2.75, 3.05) is 7.11 Å². The lowest BCUT2D eigenvalue weighted by molar-refractivity contribution is -0.137. The summed E-state index contributed by atoms with van der Waals surface area (Å²) in [4.78, 5) is 14.0. The lowest BCUT2D eigenvalue weighted by atomic mass is 10.1. The minimum atomic E-state index is -4.72. The molecule has 3 rings (SSSR count). The van der Waals surface area contributed by atoms with E-state index in [0.29, 0.717) is 23.8 Å². The maximum absolute atomic E-state index is 13.1. The largest absolute Gasteiger partial charge is 0.493 e. The predicted molar refractivity (Wildman–Crippen MR) is 134 cm³/mol. The molecule has 1 aromatic heterocycles. The van der Waals surface area contributed by atoms with Crippen molar-refractivity contribution >= 4 is 16.0 Å². The number of ether oxygens (including phenoxy) is 1. The summed E-state index contributed by atoms with van der Waals surface area (Å²) in [6.45, 7) is 2.42. The Labute approximate surface area is 220 Å². The number of benzene rings is 2. The summed E-state index contributed by atoms with van der Waals surface area (Å²) >= 11 is 0. The molecule has 0 aliphatic heterocycles. The molecule has 7 nitrogen and oxygen atoms in total. The Morgan fingerprint density at radius 1 is 0.974 bits per heavy atom. The molecular weight excluding hydrogens is 523 g/mol. The molecule has 0 saturated heterocycles. The molecular formula is C27H30F3NO6S. The smallest absolute Gasteiger partial charge is 0.416 e. The van der Waals surface area contributed by atoms with Crippen molar-refractivity contribution in [1.29, 1.82) is 0 Å².